The molecule has 7 heteroatoms. The highest BCUT2D eigenvalue weighted by Gasteiger charge is 2.25. The van der Waals surface area contributed by atoms with Crippen molar-refractivity contribution in [1.82, 2.24) is 10.2 Å². The summed E-state index contributed by atoms with van der Waals surface area (Å²) in [6.07, 6.45) is 6.20. The number of ether oxygens (including phenoxy) is 1. The predicted molar refractivity (Wildman–Crippen MR) is 130 cm³/mol. The van der Waals surface area contributed by atoms with Gasteiger partial charge in [0.2, 0.25) is 5.91 Å². The van der Waals surface area contributed by atoms with Crippen molar-refractivity contribution >= 4 is 23.6 Å². The number of amides is 1. The molecule has 1 heterocycles. The van der Waals surface area contributed by atoms with Crippen LogP contribution >= 0.6 is 11.6 Å². The number of nitrogens with zero attached hydrogens (tertiary/aromatic N) is 2. The van der Waals surface area contributed by atoms with Gasteiger partial charge in [0.05, 0.1) is 31.4 Å². The van der Waals surface area contributed by atoms with Crippen molar-refractivity contribution in [3.63, 3.8) is 0 Å². The van der Waals surface area contributed by atoms with Crippen LogP contribution in [-0.4, -0.2) is 55.3 Å². The average molecular weight is 468 g/mol. The highest BCUT2D eigenvalue weighted by molar-refractivity contribution is 6.30. The third kappa shape index (κ3) is 7.33. The molecule has 3 rings (SSSR count). The number of hydrogen-bond donors (Lipinski definition) is 2. The van der Waals surface area contributed by atoms with Crippen LogP contribution in [0.5, 0.6) is 5.75 Å². The summed E-state index contributed by atoms with van der Waals surface area (Å²) in [5, 5.41) is 22.6. The zero-order chi connectivity index (χ0) is 23.6. The van der Waals surface area contributed by atoms with Gasteiger partial charge >= 0.3 is 0 Å². The lowest BCUT2D eigenvalue weighted by molar-refractivity contribution is -0.116. The first-order valence-electron chi connectivity index (χ1n) is 11.2. The lowest BCUT2D eigenvalue weighted by Crippen LogP contribution is -2.49. The molecule has 174 valence electrons. The highest BCUT2D eigenvalue weighted by atomic mass is 35.5. The molecule has 2 aromatic carbocycles. The highest BCUT2D eigenvalue weighted by Crippen LogP contribution is 2.24. The van der Waals surface area contributed by atoms with Crippen LogP contribution in [0.3, 0.4) is 0 Å². The van der Waals surface area contributed by atoms with Crippen LogP contribution in [-0.2, 0) is 11.2 Å². The molecule has 2 aromatic rings. The summed E-state index contributed by atoms with van der Waals surface area (Å²) in [6.45, 7) is 2.15. The molecule has 1 aliphatic heterocycles. The summed E-state index contributed by atoms with van der Waals surface area (Å²) in [5.74, 6) is 0.946. The van der Waals surface area contributed by atoms with Crippen LogP contribution in [0, 0.1) is 17.2 Å². The van der Waals surface area contributed by atoms with E-state index in [1.54, 1.807) is 31.4 Å². The molecule has 1 amide bonds. The summed E-state index contributed by atoms with van der Waals surface area (Å²) in [4.78, 5) is 14.6. The van der Waals surface area contributed by atoms with Crippen molar-refractivity contribution in [2.45, 2.75) is 25.3 Å². The van der Waals surface area contributed by atoms with Gasteiger partial charge in [-0.2, -0.15) is 5.26 Å². The van der Waals surface area contributed by atoms with E-state index in [1.807, 2.05) is 12.1 Å². The Morgan fingerprint density at radius 1 is 1.30 bits per heavy atom. The number of nitriles is 1. The number of carbonyl (C=O) groups excluding carboxylic acids is 1. The van der Waals surface area contributed by atoms with Crippen LogP contribution < -0.4 is 10.1 Å². The summed E-state index contributed by atoms with van der Waals surface area (Å²) < 4.78 is 5.29. The Labute approximate surface area is 200 Å². The van der Waals surface area contributed by atoms with Gasteiger partial charge in [0.15, 0.2) is 0 Å². The molecule has 0 aromatic heterocycles. The standard InChI is InChI=1S/C26H30ClN3O3/c1-33-25-8-4-21(16-28)15-22(25)5-9-26(32)29-17-24(18-31)30-12-10-20(11-13-30)14-19-2-6-23(27)7-3-19/h2-9,15,20,24,31H,10-14,17-18H2,1H3,(H,29,32)/b9-5+/t24-/m0/s1. The normalized spacial score (nSPS) is 15.8. The molecule has 0 unspecified atom stereocenters. The molecule has 0 radical (unpaired) electrons. The number of hydrogen-bond acceptors (Lipinski definition) is 5. The number of likely N-dealkylation sites (tertiary alicyclic amines) is 1. The summed E-state index contributed by atoms with van der Waals surface area (Å²) in [5.41, 5.74) is 2.45. The zero-order valence-corrected chi connectivity index (χ0v) is 19.6. The monoisotopic (exact) mass is 467 g/mol. The summed E-state index contributed by atoms with van der Waals surface area (Å²) in [7, 11) is 1.54. The number of nitrogens with one attached hydrogen (secondary N) is 1. The van der Waals surface area contributed by atoms with E-state index < -0.39 is 0 Å². The third-order valence-electron chi connectivity index (χ3n) is 6.10. The Morgan fingerprint density at radius 2 is 2.03 bits per heavy atom. The van der Waals surface area contributed by atoms with Crippen molar-refractivity contribution in [1.29, 1.82) is 5.26 Å². The van der Waals surface area contributed by atoms with Crippen LogP contribution in [0.25, 0.3) is 6.08 Å². The number of aliphatic hydroxyl groups is 1. The number of piperidine rings is 1. The number of aliphatic hydroxyl groups excluding tert-OH is 1. The minimum Gasteiger partial charge on any atom is -0.496 e. The number of methoxy groups -OCH3 is 1. The second kappa shape index (κ2) is 12.4. The Bertz CT molecular complexity index is 993. The van der Waals surface area contributed by atoms with Crippen molar-refractivity contribution in [3.8, 4) is 11.8 Å². The van der Waals surface area contributed by atoms with Gasteiger partial charge in [-0.3, -0.25) is 9.69 Å². The van der Waals surface area contributed by atoms with E-state index in [0.29, 0.717) is 29.3 Å². The first-order valence-corrected chi connectivity index (χ1v) is 11.5. The van der Waals surface area contributed by atoms with Crippen LogP contribution in [0.4, 0.5) is 0 Å². The van der Waals surface area contributed by atoms with Crippen LogP contribution in [0.2, 0.25) is 5.02 Å². The molecule has 33 heavy (non-hydrogen) atoms. The molecule has 1 saturated heterocycles. The van der Waals surface area contributed by atoms with E-state index in [-0.39, 0.29) is 18.6 Å². The Morgan fingerprint density at radius 3 is 2.67 bits per heavy atom. The van der Waals surface area contributed by atoms with Crippen LogP contribution in [0.1, 0.15) is 29.5 Å². The third-order valence-corrected chi connectivity index (χ3v) is 6.35. The van der Waals surface area contributed by atoms with Gasteiger partial charge in [-0.15, -0.1) is 0 Å². The van der Waals surface area contributed by atoms with E-state index in [9.17, 15) is 9.90 Å². The van der Waals surface area contributed by atoms with Gasteiger partial charge in [-0.25, -0.2) is 0 Å². The van der Waals surface area contributed by atoms with Gasteiger partial charge in [-0.05, 0) is 80.2 Å². The van der Waals surface area contributed by atoms with E-state index >= 15 is 0 Å². The van der Waals surface area contributed by atoms with Gasteiger partial charge in [0, 0.05) is 23.2 Å². The topological polar surface area (TPSA) is 85.6 Å². The maximum atomic E-state index is 12.3. The molecule has 0 bridgehead atoms. The first kappa shape index (κ1) is 24.8. The molecule has 0 saturated carbocycles. The minimum atomic E-state index is -0.254. The van der Waals surface area contributed by atoms with E-state index in [2.05, 4.69) is 28.4 Å². The molecule has 1 atom stereocenters. The second-order valence-corrected chi connectivity index (χ2v) is 8.73. The summed E-state index contributed by atoms with van der Waals surface area (Å²) >= 11 is 5.97. The minimum absolute atomic E-state index is 0.0100. The molecular weight excluding hydrogens is 438 g/mol. The number of carbonyl (C=O) groups is 1. The smallest absolute Gasteiger partial charge is 0.244 e. The first-order chi connectivity index (χ1) is 16.0. The maximum absolute atomic E-state index is 12.3. The van der Waals surface area contributed by atoms with Crippen LogP contribution in [0.15, 0.2) is 48.5 Å². The molecule has 2 N–H and O–H groups in total. The Balaban J connectivity index is 1.47. The van der Waals surface area contributed by atoms with E-state index in [0.717, 1.165) is 37.4 Å². The quantitative estimate of drug-likeness (QED) is 0.549. The summed E-state index contributed by atoms with van der Waals surface area (Å²) in [6, 6.07) is 15.0. The molecule has 1 fully saturated rings. The van der Waals surface area contributed by atoms with Gasteiger partial charge in [-0.1, -0.05) is 23.7 Å². The van der Waals surface area contributed by atoms with E-state index in [1.165, 1.54) is 11.6 Å². The van der Waals surface area contributed by atoms with Gasteiger partial charge in [0.25, 0.3) is 0 Å². The molecule has 6 nitrogen and oxygen atoms in total. The lowest BCUT2D eigenvalue weighted by atomic mass is 9.89. The molecule has 1 aliphatic rings. The fourth-order valence-corrected chi connectivity index (χ4v) is 4.29. The Kier molecular flexibility index (Phi) is 9.32. The predicted octanol–water partition coefficient (Wildman–Crippen LogP) is 3.67. The Hall–Kier alpha value is -2.85. The van der Waals surface area contributed by atoms with Gasteiger partial charge in [0.1, 0.15) is 5.75 Å². The van der Waals surface area contributed by atoms with Crippen molar-refractivity contribution in [2.24, 2.45) is 5.92 Å². The lowest BCUT2D eigenvalue weighted by Gasteiger charge is -2.37. The zero-order valence-electron chi connectivity index (χ0n) is 18.8. The average Bonchev–Trinajstić information content (AvgIpc) is 2.85. The number of halogens is 1. The van der Waals surface area contributed by atoms with E-state index in [4.69, 9.17) is 21.6 Å². The molecule has 0 spiro atoms. The maximum Gasteiger partial charge on any atom is 0.244 e. The molecular formula is C26H30ClN3O3. The van der Waals surface area contributed by atoms with Crippen molar-refractivity contribution in [3.05, 3.63) is 70.3 Å². The molecule has 0 aliphatic carbocycles. The number of benzene rings is 2. The fourth-order valence-electron chi connectivity index (χ4n) is 4.16. The second-order valence-electron chi connectivity index (χ2n) is 8.29. The number of rotatable bonds is 9. The van der Waals surface area contributed by atoms with Crippen molar-refractivity contribution in [2.75, 3.05) is 33.4 Å². The van der Waals surface area contributed by atoms with Crippen molar-refractivity contribution < 1.29 is 14.6 Å². The largest absolute Gasteiger partial charge is 0.496 e. The fraction of sp³-hybridized carbons (Fsp3) is 0.385. The SMILES string of the molecule is COc1ccc(C#N)cc1/C=C/C(=O)NC[C@@H](CO)N1CCC(Cc2ccc(Cl)cc2)CC1. The van der Waals surface area contributed by atoms with Gasteiger partial charge < -0.3 is 15.2 Å².